The van der Waals surface area contributed by atoms with Gasteiger partial charge < -0.3 is 0 Å². The van der Waals surface area contributed by atoms with E-state index in [-0.39, 0.29) is 5.69 Å². The van der Waals surface area contributed by atoms with Gasteiger partial charge in [-0.2, -0.15) is 0 Å². The molecule has 0 saturated heterocycles. The molecular weight excluding hydrogens is 339 g/mol. The Morgan fingerprint density at radius 2 is 1.74 bits per heavy atom. The van der Waals surface area contributed by atoms with Crippen LogP contribution in [0.3, 0.4) is 0 Å². The van der Waals surface area contributed by atoms with Crippen molar-refractivity contribution in [1.29, 1.82) is 0 Å². The van der Waals surface area contributed by atoms with Crippen molar-refractivity contribution in [2.45, 2.75) is 20.3 Å². The maximum atomic E-state index is 13.9. The van der Waals surface area contributed by atoms with Crippen LogP contribution in [0.4, 0.5) is 15.9 Å². The molecule has 2 aromatic carbocycles. The van der Waals surface area contributed by atoms with Gasteiger partial charge in [0.1, 0.15) is 17.0 Å². The molecule has 0 radical (unpaired) electrons. The van der Waals surface area contributed by atoms with Gasteiger partial charge in [-0.1, -0.05) is 49.4 Å². The molecule has 134 valence electrons. The Kier molecular flexibility index (Phi) is 4.50. The summed E-state index contributed by atoms with van der Waals surface area (Å²) in [5.41, 5.74) is 5.00. The first kappa shape index (κ1) is 17.1. The van der Waals surface area contributed by atoms with Crippen LogP contribution in [-0.4, -0.2) is 9.38 Å². The minimum absolute atomic E-state index is 0.201. The Balaban J connectivity index is 1.89. The average molecular weight is 358 g/mol. The maximum Gasteiger partial charge on any atom is 0.187 e. The lowest BCUT2D eigenvalue weighted by Gasteiger charge is -2.02. The topological polar surface area (TPSA) is 42.0 Å². The third kappa shape index (κ3) is 3.24. The highest BCUT2D eigenvalue weighted by Crippen LogP contribution is 2.33. The van der Waals surface area contributed by atoms with E-state index in [9.17, 15) is 4.39 Å². The van der Waals surface area contributed by atoms with Crippen molar-refractivity contribution >= 4 is 17.2 Å². The number of aromatic nitrogens is 2. The fraction of sp³-hybridized carbons (Fsp3) is 0.136. The fourth-order valence-electron chi connectivity index (χ4n) is 3.01. The molecule has 2 heterocycles. The lowest BCUT2D eigenvalue weighted by Crippen LogP contribution is -1.85. The largest absolute Gasteiger partial charge is 0.282 e. The summed E-state index contributed by atoms with van der Waals surface area (Å²) in [5, 5.41) is 8.51. The van der Waals surface area contributed by atoms with Gasteiger partial charge in [0.05, 0.1) is 0 Å². The molecule has 4 aromatic rings. The van der Waals surface area contributed by atoms with Crippen LogP contribution in [0.15, 0.2) is 77.1 Å². The first-order valence-corrected chi connectivity index (χ1v) is 8.90. The van der Waals surface area contributed by atoms with Crippen molar-refractivity contribution < 1.29 is 4.39 Å². The van der Waals surface area contributed by atoms with Gasteiger partial charge in [-0.3, -0.25) is 4.40 Å². The van der Waals surface area contributed by atoms with E-state index >= 15 is 0 Å². The Morgan fingerprint density at radius 1 is 0.963 bits per heavy atom. The second-order valence-corrected chi connectivity index (χ2v) is 6.37. The van der Waals surface area contributed by atoms with Crippen molar-refractivity contribution in [2.24, 2.45) is 10.2 Å². The van der Waals surface area contributed by atoms with E-state index in [2.05, 4.69) is 29.3 Å². The van der Waals surface area contributed by atoms with Crippen LogP contribution < -0.4 is 0 Å². The summed E-state index contributed by atoms with van der Waals surface area (Å²) < 4.78 is 15.8. The lowest BCUT2D eigenvalue weighted by atomic mass is 10.1. The van der Waals surface area contributed by atoms with Crippen LogP contribution in [-0.2, 0) is 6.42 Å². The molecule has 2 aromatic heterocycles. The predicted octanol–water partition coefficient (Wildman–Crippen LogP) is 6.43. The number of imidazole rings is 1. The molecule has 27 heavy (non-hydrogen) atoms. The van der Waals surface area contributed by atoms with E-state index in [0.29, 0.717) is 5.82 Å². The summed E-state index contributed by atoms with van der Waals surface area (Å²) in [6, 6.07) is 18.5. The van der Waals surface area contributed by atoms with Gasteiger partial charge in [0.25, 0.3) is 0 Å². The summed E-state index contributed by atoms with van der Waals surface area (Å²) in [6.07, 6.45) is 2.87. The van der Waals surface area contributed by atoms with Crippen molar-refractivity contribution in [3.8, 4) is 11.3 Å². The van der Waals surface area contributed by atoms with Crippen LogP contribution in [0, 0.1) is 12.7 Å². The molecule has 0 unspecified atom stereocenters. The number of hydrogen-bond donors (Lipinski definition) is 0. The second-order valence-electron chi connectivity index (χ2n) is 6.37. The molecular formula is C22H19FN4. The molecule has 0 spiro atoms. The number of azo groups is 1. The molecule has 0 bridgehead atoms. The monoisotopic (exact) mass is 358 g/mol. The fourth-order valence-corrected chi connectivity index (χ4v) is 3.01. The molecule has 0 aliphatic heterocycles. The number of halogens is 1. The quantitative estimate of drug-likeness (QED) is 0.388. The molecule has 0 fully saturated rings. The minimum atomic E-state index is -0.403. The van der Waals surface area contributed by atoms with Crippen LogP contribution in [0.1, 0.15) is 18.1 Å². The first-order valence-electron chi connectivity index (χ1n) is 8.90. The van der Waals surface area contributed by atoms with Gasteiger partial charge in [0.15, 0.2) is 11.6 Å². The number of nitrogens with zero attached hydrogens (tertiary/aromatic N) is 4. The summed E-state index contributed by atoms with van der Waals surface area (Å²) in [5.74, 6) is 0.182. The number of benzene rings is 2. The predicted molar refractivity (Wildman–Crippen MR) is 105 cm³/mol. The smallest absolute Gasteiger partial charge is 0.187 e. The van der Waals surface area contributed by atoms with Crippen LogP contribution in [0.25, 0.3) is 16.9 Å². The number of fused-ring (bicyclic) bond motifs is 1. The number of hydrogen-bond acceptors (Lipinski definition) is 3. The summed E-state index contributed by atoms with van der Waals surface area (Å²) >= 11 is 0. The zero-order valence-corrected chi connectivity index (χ0v) is 15.2. The Hall–Kier alpha value is -3.34. The lowest BCUT2D eigenvalue weighted by molar-refractivity contribution is 0.628. The van der Waals surface area contributed by atoms with Crippen molar-refractivity contribution in [3.05, 3.63) is 83.8 Å². The first-order chi connectivity index (χ1) is 13.2. The zero-order chi connectivity index (χ0) is 18.8. The highest BCUT2D eigenvalue weighted by molar-refractivity contribution is 5.75. The van der Waals surface area contributed by atoms with E-state index in [4.69, 9.17) is 4.98 Å². The normalized spacial score (nSPS) is 11.5. The van der Waals surface area contributed by atoms with Gasteiger partial charge in [0.2, 0.25) is 0 Å². The highest BCUT2D eigenvalue weighted by atomic mass is 19.1. The summed E-state index contributed by atoms with van der Waals surface area (Å²) in [6.45, 7) is 4.13. The SMILES string of the molecule is CCc1ccc(-c2nc3c(C)cccn3c2N=Nc2ccccc2F)cc1. The Labute approximate surface area is 157 Å². The molecule has 4 rings (SSSR count). The van der Waals surface area contributed by atoms with Crippen LogP contribution in [0.2, 0.25) is 0 Å². The molecule has 0 saturated carbocycles. The van der Waals surface area contributed by atoms with Crippen LogP contribution >= 0.6 is 0 Å². The highest BCUT2D eigenvalue weighted by Gasteiger charge is 2.15. The molecule has 0 aliphatic rings. The molecule has 0 atom stereocenters. The van der Waals surface area contributed by atoms with Crippen LogP contribution in [0.5, 0.6) is 0 Å². The molecule has 0 N–H and O–H groups in total. The van der Waals surface area contributed by atoms with Crippen molar-refractivity contribution in [2.75, 3.05) is 0 Å². The molecule has 5 heteroatoms. The van der Waals surface area contributed by atoms with Gasteiger partial charge in [-0.05, 0) is 42.7 Å². The number of pyridine rings is 1. The van der Waals surface area contributed by atoms with E-state index in [1.54, 1.807) is 18.2 Å². The van der Waals surface area contributed by atoms with Gasteiger partial charge in [-0.25, -0.2) is 9.37 Å². The third-order valence-corrected chi connectivity index (χ3v) is 4.56. The van der Waals surface area contributed by atoms with E-state index in [0.717, 1.165) is 28.9 Å². The van der Waals surface area contributed by atoms with Gasteiger partial charge >= 0.3 is 0 Å². The van der Waals surface area contributed by atoms with Crippen molar-refractivity contribution in [3.63, 3.8) is 0 Å². The molecule has 0 amide bonds. The average Bonchev–Trinajstić information content (AvgIpc) is 3.07. The van der Waals surface area contributed by atoms with Gasteiger partial charge in [0, 0.05) is 11.8 Å². The molecule has 4 nitrogen and oxygen atoms in total. The van der Waals surface area contributed by atoms with E-state index < -0.39 is 5.82 Å². The Bertz CT molecular complexity index is 1130. The third-order valence-electron chi connectivity index (χ3n) is 4.56. The maximum absolute atomic E-state index is 13.9. The minimum Gasteiger partial charge on any atom is -0.282 e. The number of aryl methyl sites for hydroxylation is 2. The second kappa shape index (κ2) is 7.11. The molecule has 0 aliphatic carbocycles. The van der Waals surface area contributed by atoms with Crippen molar-refractivity contribution in [1.82, 2.24) is 9.38 Å². The zero-order valence-electron chi connectivity index (χ0n) is 15.2. The summed E-state index contributed by atoms with van der Waals surface area (Å²) in [4.78, 5) is 4.79. The standard InChI is InChI=1S/C22H19FN4/c1-3-16-10-12-17(13-11-16)20-22(26-25-19-9-5-4-8-18(19)23)27-14-6-7-15(2)21(27)24-20/h4-14H,3H2,1-2H3. The van der Waals surface area contributed by atoms with Gasteiger partial charge in [-0.15, -0.1) is 10.2 Å². The van der Waals surface area contributed by atoms with E-state index in [1.165, 1.54) is 11.6 Å². The number of rotatable bonds is 4. The Morgan fingerprint density at radius 3 is 2.48 bits per heavy atom. The summed E-state index contributed by atoms with van der Waals surface area (Å²) in [7, 11) is 0. The van der Waals surface area contributed by atoms with E-state index in [1.807, 2.05) is 41.8 Å².